The zero-order valence-corrected chi connectivity index (χ0v) is 11.0. The molecule has 3 aromatic rings. The van der Waals surface area contributed by atoms with Crippen molar-refractivity contribution in [3.05, 3.63) is 60.5 Å². The lowest BCUT2D eigenvalue weighted by Gasteiger charge is -2.02. The van der Waals surface area contributed by atoms with Crippen LogP contribution >= 0.6 is 0 Å². The number of nitrogens with one attached hydrogen (secondary N) is 2. The van der Waals surface area contributed by atoms with Crippen LogP contribution in [0.4, 0.5) is 10.1 Å². The summed E-state index contributed by atoms with van der Waals surface area (Å²) in [5, 5.41) is 3.09. The van der Waals surface area contributed by atoms with Gasteiger partial charge in [-0.05, 0) is 24.3 Å². The van der Waals surface area contributed by atoms with Crippen molar-refractivity contribution in [1.82, 2.24) is 9.97 Å². The van der Waals surface area contributed by atoms with Crippen LogP contribution in [0.2, 0.25) is 0 Å². The van der Waals surface area contributed by atoms with E-state index in [0.717, 1.165) is 28.3 Å². The van der Waals surface area contributed by atoms with Crippen LogP contribution < -0.4 is 5.32 Å². The predicted molar refractivity (Wildman–Crippen MR) is 79.0 cm³/mol. The Morgan fingerprint density at radius 1 is 1.05 bits per heavy atom. The Morgan fingerprint density at radius 2 is 1.85 bits per heavy atom. The van der Waals surface area contributed by atoms with Crippen LogP contribution in [-0.4, -0.2) is 17.0 Å². The summed E-state index contributed by atoms with van der Waals surface area (Å²) in [5.41, 5.74) is 3.59. The van der Waals surface area contributed by atoms with Crippen molar-refractivity contribution in [1.29, 1.82) is 0 Å². The van der Waals surface area contributed by atoms with Gasteiger partial charge in [-0.1, -0.05) is 24.3 Å². The van der Waals surface area contributed by atoms with E-state index in [0.29, 0.717) is 0 Å². The van der Waals surface area contributed by atoms with Crippen LogP contribution in [0.15, 0.2) is 54.7 Å². The van der Waals surface area contributed by atoms with Crippen molar-refractivity contribution in [2.24, 2.45) is 0 Å². The number of hydrogen-bond donors (Lipinski definition) is 2. The number of nitrogens with zero attached hydrogens (tertiary/aromatic N) is 1. The van der Waals surface area contributed by atoms with Gasteiger partial charge in [0.25, 0.3) is 0 Å². The second kappa shape index (κ2) is 5.17. The average molecular weight is 267 g/mol. The van der Waals surface area contributed by atoms with Gasteiger partial charge >= 0.3 is 0 Å². The SMILES string of the molecule is CNc1cccc(-c2ncc(-c3cccc(F)c3)[nH]2)c1. The Kier molecular flexibility index (Phi) is 3.21. The molecule has 0 aliphatic rings. The minimum atomic E-state index is -0.254. The van der Waals surface area contributed by atoms with Gasteiger partial charge in [0.05, 0.1) is 11.9 Å². The Bertz CT molecular complexity index is 734. The summed E-state index contributed by atoms with van der Waals surface area (Å²) in [7, 11) is 1.87. The van der Waals surface area contributed by atoms with Gasteiger partial charge in [-0.2, -0.15) is 0 Å². The summed E-state index contributed by atoms with van der Waals surface area (Å²) in [6.07, 6.45) is 1.72. The van der Waals surface area contributed by atoms with Gasteiger partial charge in [-0.3, -0.25) is 0 Å². The lowest BCUT2D eigenvalue weighted by Crippen LogP contribution is -1.88. The molecule has 0 saturated heterocycles. The van der Waals surface area contributed by atoms with Crippen LogP contribution in [0.5, 0.6) is 0 Å². The predicted octanol–water partition coefficient (Wildman–Crippen LogP) is 3.92. The van der Waals surface area contributed by atoms with Crippen LogP contribution in [0.3, 0.4) is 0 Å². The van der Waals surface area contributed by atoms with Gasteiger partial charge in [0.2, 0.25) is 0 Å². The third-order valence-electron chi connectivity index (χ3n) is 3.14. The van der Waals surface area contributed by atoms with E-state index in [2.05, 4.69) is 15.3 Å². The molecule has 0 radical (unpaired) electrons. The smallest absolute Gasteiger partial charge is 0.137 e. The number of aromatic amines is 1. The first-order valence-corrected chi connectivity index (χ1v) is 6.35. The summed E-state index contributed by atoms with van der Waals surface area (Å²) in [6.45, 7) is 0. The number of benzene rings is 2. The van der Waals surface area contributed by atoms with E-state index in [4.69, 9.17) is 0 Å². The van der Waals surface area contributed by atoms with E-state index in [1.807, 2.05) is 37.4 Å². The summed E-state index contributed by atoms with van der Waals surface area (Å²) in [4.78, 5) is 7.58. The molecular weight excluding hydrogens is 253 g/mol. The monoisotopic (exact) mass is 267 g/mol. The van der Waals surface area contributed by atoms with Gasteiger partial charge < -0.3 is 10.3 Å². The molecule has 1 heterocycles. The molecule has 0 saturated carbocycles. The minimum Gasteiger partial charge on any atom is -0.388 e. The third kappa shape index (κ3) is 2.40. The molecule has 0 aliphatic heterocycles. The molecule has 0 aliphatic carbocycles. The van der Waals surface area contributed by atoms with E-state index >= 15 is 0 Å². The van der Waals surface area contributed by atoms with Crippen molar-refractivity contribution in [2.45, 2.75) is 0 Å². The van der Waals surface area contributed by atoms with Crippen molar-refractivity contribution in [3.8, 4) is 22.6 Å². The highest BCUT2D eigenvalue weighted by Gasteiger charge is 2.06. The van der Waals surface area contributed by atoms with E-state index < -0.39 is 0 Å². The highest BCUT2D eigenvalue weighted by Crippen LogP contribution is 2.24. The lowest BCUT2D eigenvalue weighted by molar-refractivity contribution is 0.628. The first kappa shape index (κ1) is 12.4. The van der Waals surface area contributed by atoms with Gasteiger partial charge in [0.1, 0.15) is 11.6 Å². The molecule has 3 rings (SSSR count). The molecule has 0 spiro atoms. The van der Waals surface area contributed by atoms with E-state index in [9.17, 15) is 4.39 Å². The van der Waals surface area contributed by atoms with Crippen molar-refractivity contribution in [3.63, 3.8) is 0 Å². The largest absolute Gasteiger partial charge is 0.388 e. The topological polar surface area (TPSA) is 40.7 Å². The van der Waals surface area contributed by atoms with Crippen LogP contribution in [0, 0.1) is 5.82 Å². The molecule has 2 aromatic carbocycles. The number of anilines is 1. The second-order valence-electron chi connectivity index (χ2n) is 4.49. The highest BCUT2D eigenvalue weighted by molar-refractivity contribution is 5.67. The number of H-pyrrole nitrogens is 1. The van der Waals surface area contributed by atoms with Crippen LogP contribution in [0.25, 0.3) is 22.6 Å². The standard InChI is InChI=1S/C16H14FN3/c1-18-14-7-3-5-12(9-14)16-19-10-15(20-16)11-4-2-6-13(17)8-11/h2-10,18H,1H3,(H,19,20). The molecule has 1 aromatic heterocycles. The molecule has 0 unspecified atom stereocenters. The summed E-state index contributed by atoms with van der Waals surface area (Å²) >= 11 is 0. The fourth-order valence-electron chi connectivity index (χ4n) is 2.09. The number of halogens is 1. The highest BCUT2D eigenvalue weighted by atomic mass is 19.1. The van der Waals surface area contributed by atoms with E-state index in [1.165, 1.54) is 12.1 Å². The molecular formula is C16H14FN3. The molecule has 0 amide bonds. The summed E-state index contributed by atoms with van der Waals surface area (Å²) in [5.74, 6) is 0.511. The summed E-state index contributed by atoms with van der Waals surface area (Å²) < 4.78 is 13.2. The number of aromatic nitrogens is 2. The Hall–Kier alpha value is -2.62. The third-order valence-corrected chi connectivity index (χ3v) is 3.14. The van der Waals surface area contributed by atoms with E-state index in [-0.39, 0.29) is 5.82 Å². The first-order valence-electron chi connectivity index (χ1n) is 6.35. The van der Waals surface area contributed by atoms with Gasteiger partial charge in [-0.25, -0.2) is 9.37 Å². The average Bonchev–Trinajstić information content (AvgIpc) is 2.97. The van der Waals surface area contributed by atoms with Crippen molar-refractivity contribution < 1.29 is 4.39 Å². The first-order chi connectivity index (χ1) is 9.76. The molecule has 3 nitrogen and oxygen atoms in total. The zero-order valence-electron chi connectivity index (χ0n) is 11.0. The van der Waals surface area contributed by atoms with Crippen LogP contribution in [-0.2, 0) is 0 Å². The van der Waals surface area contributed by atoms with Gasteiger partial charge in [-0.15, -0.1) is 0 Å². The molecule has 100 valence electrons. The molecule has 4 heteroatoms. The normalized spacial score (nSPS) is 10.5. The maximum atomic E-state index is 13.2. The number of rotatable bonds is 3. The number of hydrogen-bond acceptors (Lipinski definition) is 2. The van der Waals surface area contributed by atoms with Crippen molar-refractivity contribution >= 4 is 5.69 Å². The summed E-state index contributed by atoms with van der Waals surface area (Å²) in [6, 6.07) is 14.4. The maximum absolute atomic E-state index is 13.2. The molecule has 2 N–H and O–H groups in total. The quantitative estimate of drug-likeness (QED) is 0.755. The van der Waals surface area contributed by atoms with Gasteiger partial charge in [0.15, 0.2) is 0 Å². The minimum absolute atomic E-state index is 0.254. The second-order valence-corrected chi connectivity index (χ2v) is 4.49. The van der Waals surface area contributed by atoms with Gasteiger partial charge in [0, 0.05) is 23.9 Å². The van der Waals surface area contributed by atoms with Crippen molar-refractivity contribution in [2.75, 3.05) is 12.4 Å². The maximum Gasteiger partial charge on any atom is 0.137 e. The molecule has 0 atom stereocenters. The van der Waals surface area contributed by atoms with E-state index in [1.54, 1.807) is 12.3 Å². The Labute approximate surface area is 116 Å². The molecule has 0 bridgehead atoms. The lowest BCUT2D eigenvalue weighted by atomic mass is 10.1. The Balaban J connectivity index is 1.97. The van der Waals surface area contributed by atoms with Crippen LogP contribution in [0.1, 0.15) is 0 Å². The Morgan fingerprint density at radius 3 is 2.65 bits per heavy atom. The molecule has 0 fully saturated rings. The molecule has 20 heavy (non-hydrogen) atoms. The number of imidazole rings is 1. The fourth-order valence-corrected chi connectivity index (χ4v) is 2.09. The zero-order chi connectivity index (χ0) is 13.9. The fraction of sp³-hybridized carbons (Fsp3) is 0.0625.